The van der Waals surface area contributed by atoms with Crippen LogP contribution in [0.4, 0.5) is 5.69 Å². The van der Waals surface area contributed by atoms with Crippen molar-refractivity contribution in [3.63, 3.8) is 0 Å². The molecule has 5 nitrogen and oxygen atoms in total. The average molecular weight is 396 g/mol. The van der Waals surface area contributed by atoms with E-state index in [2.05, 4.69) is 20.7 Å². The molecule has 1 aliphatic heterocycles. The molecule has 0 amide bonds. The largest absolute Gasteiger partial charge is 0.282 e. The number of halogens is 1. The lowest BCUT2D eigenvalue weighted by atomic mass is 10.1. The molecule has 0 bridgehead atoms. The summed E-state index contributed by atoms with van der Waals surface area (Å²) in [5.41, 5.74) is 2.38. The van der Waals surface area contributed by atoms with Crippen LogP contribution in [-0.2, 0) is 19.9 Å². The van der Waals surface area contributed by atoms with Crippen LogP contribution in [0.1, 0.15) is 24.0 Å². The molecule has 21 heavy (non-hydrogen) atoms. The van der Waals surface area contributed by atoms with Gasteiger partial charge in [0.25, 0.3) is 0 Å². The highest BCUT2D eigenvalue weighted by molar-refractivity contribution is 9.10. The second kappa shape index (κ2) is 5.89. The van der Waals surface area contributed by atoms with Crippen molar-refractivity contribution < 1.29 is 16.8 Å². The van der Waals surface area contributed by atoms with Gasteiger partial charge in [-0.2, -0.15) is 0 Å². The number of aryl methyl sites for hydroxylation is 2. The summed E-state index contributed by atoms with van der Waals surface area (Å²) in [5.74, 6) is -0.126. The number of hydrogen-bond acceptors (Lipinski definition) is 4. The summed E-state index contributed by atoms with van der Waals surface area (Å²) in [6, 6.07) is 3.74. The average Bonchev–Trinajstić information content (AvgIpc) is 2.33. The van der Waals surface area contributed by atoms with Gasteiger partial charge in [-0.25, -0.2) is 16.8 Å². The Morgan fingerprint density at radius 3 is 2.29 bits per heavy atom. The molecular formula is C13H18BrNO4S2. The number of rotatable bonds is 3. The van der Waals surface area contributed by atoms with E-state index < -0.39 is 25.1 Å². The molecule has 1 heterocycles. The van der Waals surface area contributed by atoms with Crippen LogP contribution in [-0.4, -0.2) is 33.6 Å². The zero-order chi connectivity index (χ0) is 15.8. The van der Waals surface area contributed by atoms with Crippen molar-refractivity contribution in [1.82, 2.24) is 0 Å². The molecule has 8 heteroatoms. The minimum atomic E-state index is -3.59. The highest BCUT2D eigenvalue weighted by Gasteiger charge is 2.33. The smallest absolute Gasteiger partial charge is 0.235 e. The van der Waals surface area contributed by atoms with Crippen molar-refractivity contribution in [3.05, 3.63) is 27.7 Å². The Bertz CT molecular complexity index is 719. The maximum atomic E-state index is 12.4. The summed E-state index contributed by atoms with van der Waals surface area (Å²) in [4.78, 5) is 0. The van der Waals surface area contributed by atoms with Crippen molar-refractivity contribution in [2.75, 3.05) is 16.2 Å². The Kier molecular flexibility index (Phi) is 4.70. The highest BCUT2D eigenvalue weighted by atomic mass is 79.9. The van der Waals surface area contributed by atoms with Crippen molar-refractivity contribution in [2.24, 2.45) is 0 Å². The van der Waals surface area contributed by atoms with Gasteiger partial charge in [-0.1, -0.05) is 6.07 Å². The number of sulfone groups is 1. The van der Waals surface area contributed by atoms with E-state index in [4.69, 9.17) is 0 Å². The zero-order valence-corrected chi connectivity index (χ0v) is 15.1. The lowest BCUT2D eigenvalue weighted by molar-refractivity contribution is 0.555. The van der Waals surface area contributed by atoms with Crippen molar-refractivity contribution >= 4 is 41.5 Å². The lowest BCUT2D eigenvalue weighted by Crippen LogP contribution is -2.36. The number of benzene rings is 1. The number of nitrogens with one attached hydrogen (secondary N) is 1. The first-order valence-electron chi connectivity index (χ1n) is 6.59. The van der Waals surface area contributed by atoms with Gasteiger partial charge >= 0.3 is 0 Å². The SMILES string of the molecule is Cc1cc(C)c(NS(=O)(=O)C2CCS(=O)(=O)CC2)c(Br)c1. The van der Waals surface area contributed by atoms with Crippen LogP contribution in [0.2, 0.25) is 0 Å². The monoisotopic (exact) mass is 395 g/mol. The van der Waals surface area contributed by atoms with E-state index in [1.807, 2.05) is 26.0 Å². The summed E-state index contributed by atoms with van der Waals surface area (Å²) >= 11 is 3.37. The van der Waals surface area contributed by atoms with E-state index in [1.54, 1.807) is 0 Å². The molecule has 0 aliphatic carbocycles. The zero-order valence-electron chi connectivity index (χ0n) is 11.9. The van der Waals surface area contributed by atoms with Crippen molar-refractivity contribution in [1.29, 1.82) is 0 Å². The molecule has 1 fully saturated rings. The number of sulfonamides is 1. The van der Waals surface area contributed by atoms with Gasteiger partial charge in [0.2, 0.25) is 10.0 Å². The first kappa shape index (κ1) is 16.8. The third-order valence-corrected chi connectivity index (χ3v) is 7.80. The van der Waals surface area contributed by atoms with Crippen LogP contribution in [0, 0.1) is 13.8 Å². The van der Waals surface area contributed by atoms with Gasteiger partial charge in [-0.3, -0.25) is 4.72 Å². The van der Waals surface area contributed by atoms with E-state index in [-0.39, 0.29) is 24.3 Å². The molecule has 0 radical (unpaired) electrons. The number of anilines is 1. The third-order valence-electron chi connectivity index (χ3n) is 3.62. The van der Waals surface area contributed by atoms with Crippen LogP contribution in [0.3, 0.4) is 0 Å². The van der Waals surface area contributed by atoms with Gasteiger partial charge in [0.1, 0.15) is 9.84 Å². The summed E-state index contributed by atoms with van der Waals surface area (Å²) < 4.78 is 51.0. The van der Waals surface area contributed by atoms with E-state index >= 15 is 0 Å². The van der Waals surface area contributed by atoms with Gasteiger partial charge in [-0.05, 0) is 59.8 Å². The molecule has 1 saturated heterocycles. The Morgan fingerprint density at radius 1 is 1.19 bits per heavy atom. The Labute approximate surface area is 134 Å². The summed E-state index contributed by atoms with van der Waals surface area (Å²) in [7, 11) is -6.66. The molecule has 1 aromatic carbocycles. The third kappa shape index (κ3) is 3.98. The summed E-state index contributed by atoms with van der Waals surface area (Å²) in [6.07, 6.45) is 0.306. The van der Waals surface area contributed by atoms with Crippen LogP contribution in [0.15, 0.2) is 16.6 Å². The fraction of sp³-hybridized carbons (Fsp3) is 0.538. The second-order valence-corrected chi connectivity index (χ2v) is 10.6. The van der Waals surface area contributed by atoms with Crippen LogP contribution < -0.4 is 4.72 Å². The Morgan fingerprint density at radius 2 is 1.76 bits per heavy atom. The van der Waals surface area contributed by atoms with Crippen LogP contribution in [0.25, 0.3) is 0 Å². The number of hydrogen-bond donors (Lipinski definition) is 1. The van der Waals surface area contributed by atoms with Gasteiger partial charge < -0.3 is 0 Å². The summed E-state index contributed by atoms with van der Waals surface area (Å²) in [5, 5.41) is -0.659. The Balaban J connectivity index is 2.23. The highest BCUT2D eigenvalue weighted by Crippen LogP contribution is 2.30. The fourth-order valence-electron chi connectivity index (χ4n) is 2.45. The van der Waals surface area contributed by atoms with Gasteiger partial charge in [-0.15, -0.1) is 0 Å². The normalized spacial score (nSPS) is 19.4. The van der Waals surface area contributed by atoms with Crippen molar-refractivity contribution in [3.8, 4) is 0 Å². The van der Waals surface area contributed by atoms with Crippen molar-refractivity contribution in [2.45, 2.75) is 31.9 Å². The molecule has 0 unspecified atom stereocenters. The minimum Gasteiger partial charge on any atom is -0.282 e. The van der Waals surface area contributed by atoms with E-state index in [9.17, 15) is 16.8 Å². The molecule has 2 rings (SSSR count). The van der Waals surface area contributed by atoms with Gasteiger partial charge in [0.05, 0.1) is 22.4 Å². The fourth-order valence-corrected chi connectivity index (χ4v) is 6.72. The van der Waals surface area contributed by atoms with Gasteiger partial charge in [0, 0.05) is 4.47 Å². The van der Waals surface area contributed by atoms with Crippen LogP contribution in [0.5, 0.6) is 0 Å². The first-order valence-corrected chi connectivity index (χ1v) is 10.8. The lowest BCUT2D eigenvalue weighted by Gasteiger charge is -2.23. The molecule has 0 spiro atoms. The van der Waals surface area contributed by atoms with Crippen LogP contribution >= 0.6 is 15.9 Å². The molecular weight excluding hydrogens is 378 g/mol. The topological polar surface area (TPSA) is 80.3 Å². The maximum absolute atomic E-state index is 12.4. The predicted octanol–water partition coefficient (Wildman–Crippen LogP) is 2.38. The predicted molar refractivity (Wildman–Crippen MR) is 87.8 cm³/mol. The standard InChI is InChI=1S/C13H18BrNO4S2/c1-9-7-10(2)13(12(14)8-9)15-21(18,19)11-3-5-20(16,17)6-4-11/h7-8,11,15H,3-6H2,1-2H3. The Hall–Kier alpha value is -0.600. The molecule has 1 aliphatic rings. The van der Waals surface area contributed by atoms with E-state index in [1.165, 1.54) is 0 Å². The van der Waals surface area contributed by atoms with E-state index in [0.29, 0.717) is 10.2 Å². The van der Waals surface area contributed by atoms with E-state index in [0.717, 1.165) is 11.1 Å². The molecule has 0 saturated carbocycles. The minimum absolute atomic E-state index is 0.0629. The first-order chi connectivity index (χ1) is 9.61. The molecule has 0 atom stereocenters. The molecule has 1 aromatic rings. The summed E-state index contributed by atoms with van der Waals surface area (Å²) in [6.45, 7) is 3.77. The van der Waals surface area contributed by atoms with Gasteiger partial charge in [0.15, 0.2) is 0 Å². The molecule has 118 valence electrons. The molecule has 1 N–H and O–H groups in total. The second-order valence-electron chi connectivity index (χ2n) is 5.44. The quantitative estimate of drug-likeness (QED) is 0.851. The molecule has 0 aromatic heterocycles. The maximum Gasteiger partial charge on any atom is 0.235 e.